The monoisotopic (exact) mass is 240 g/mol. The van der Waals surface area contributed by atoms with Gasteiger partial charge in [-0.15, -0.1) is 41.8 Å². The normalized spacial score (nSPS) is 8.27. The molecule has 15 heavy (non-hydrogen) atoms. The molecule has 0 saturated heterocycles. The van der Waals surface area contributed by atoms with Gasteiger partial charge in [0.1, 0.15) is 0 Å². The Morgan fingerprint density at radius 3 is 2.20 bits per heavy atom. The minimum atomic E-state index is 0. The smallest absolute Gasteiger partial charge is 0.186 e. The van der Waals surface area contributed by atoms with Crippen molar-refractivity contribution in [1.29, 1.82) is 0 Å². The summed E-state index contributed by atoms with van der Waals surface area (Å²) in [4.78, 5) is 0. The molecule has 0 radical (unpaired) electrons. The average Bonchev–Trinajstić information content (AvgIpc) is 2.29. The van der Waals surface area contributed by atoms with Gasteiger partial charge in [0.25, 0.3) is 0 Å². The minimum Gasteiger partial charge on any atom is -0.186 e. The molecule has 0 aliphatic carbocycles. The largest absolute Gasteiger partial charge is 1.00 e. The van der Waals surface area contributed by atoms with Crippen LogP contribution in [-0.4, -0.2) is 0 Å². The number of benzene rings is 2. The number of hydrogen-bond donors (Lipinski definition) is 0. The Labute approximate surface area is 101 Å². The first-order valence-corrected chi connectivity index (χ1v) is 4.49. The maximum absolute atomic E-state index is 3.08. The van der Waals surface area contributed by atoms with Gasteiger partial charge in [0, 0.05) is 5.56 Å². The molecule has 2 rings (SSSR count). The first kappa shape index (κ1) is 11.6. The maximum atomic E-state index is 3.08. The SMILES string of the molecule is C(#Cc1ccccc1)c1[c-]cccc1.[Cu+]. The quantitative estimate of drug-likeness (QED) is 0.377. The molecule has 0 aliphatic rings. The molecule has 0 nitrogen and oxygen atoms in total. The Bertz CT molecular complexity index is 405. The summed E-state index contributed by atoms with van der Waals surface area (Å²) in [5.74, 6) is 6.14. The predicted octanol–water partition coefficient (Wildman–Crippen LogP) is 2.88. The molecule has 0 N–H and O–H groups in total. The molecule has 0 aromatic heterocycles. The van der Waals surface area contributed by atoms with Crippen molar-refractivity contribution >= 4 is 0 Å². The van der Waals surface area contributed by atoms with Crippen LogP contribution >= 0.6 is 0 Å². The third kappa shape index (κ3) is 3.64. The topological polar surface area (TPSA) is 0 Å². The zero-order valence-corrected chi connectivity index (χ0v) is 8.94. The van der Waals surface area contributed by atoms with Crippen molar-refractivity contribution in [2.45, 2.75) is 0 Å². The Kier molecular flexibility index (Phi) is 4.71. The van der Waals surface area contributed by atoms with Crippen LogP contribution in [0.15, 0.2) is 54.6 Å². The summed E-state index contributed by atoms with van der Waals surface area (Å²) >= 11 is 0. The van der Waals surface area contributed by atoms with Crippen LogP contribution in [0.25, 0.3) is 0 Å². The van der Waals surface area contributed by atoms with Crippen LogP contribution < -0.4 is 0 Å². The second kappa shape index (κ2) is 6.09. The van der Waals surface area contributed by atoms with Gasteiger partial charge in [-0.25, -0.2) is 0 Å². The van der Waals surface area contributed by atoms with Gasteiger partial charge in [-0.05, 0) is 12.1 Å². The fourth-order valence-electron chi connectivity index (χ4n) is 1.13. The van der Waals surface area contributed by atoms with Crippen LogP contribution in [0.3, 0.4) is 0 Å². The van der Waals surface area contributed by atoms with Crippen molar-refractivity contribution < 1.29 is 17.1 Å². The van der Waals surface area contributed by atoms with Crippen LogP contribution in [0.5, 0.6) is 0 Å². The van der Waals surface area contributed by atoms with Crippen LogP contribution in [0.2, 0.25) is 0 Å². The van der Waals surface area contributed by atoms with E-state index in [1.165, 1.54) is 0 Å². The molecule has 0 atom stereocenters. The van der Waals surface area contributed by atoms with E-state index < -0.39 is 0 Å². The fourth-order valence-corrected chi connectivity index (χ4v) is 1.13. The molecule has 0 aliphatic heterocycles. The van der Waals surface area contributed by atoms with Crippen LogP contribution in [0.1, 0.15) is 11.1 Å². The Balaban J connectivity index is 0.00000112. The summed E-state index contributed by atoms with van der Waals surface area (Å²) in [6, 6.07) is 20.7. The van der Waals surface area contributed by atoms with Crippen molar-refractivity contribution in [3.63, 3.8) is 0 Å². The van der Waals surface area contributed by atoms with Crippen molar-refractivity contribution in [2.24, 2.45) is 0 Å². The third-order valence-electron chi connectivity index (χ3n) is 1.82. The summed E-state index contributed by atoms with van der Waals surface area (Å²) < 4.78 is 0. The second-order valence-electron chi connectivity index (χ2n) is 2.89. The van der Waals surface area contributed by atoms with Crippen LogP contribution in [-0.2, 0) is 17.1 Å². The van der Waals surface area contributed by atoms with E-state index in [9.17, 15) is 0 Å². The molecule has 0 amide bonds. The minimum absolute atomic E-state index is 0. The average molecular weight is 241 g/mol. The summed E-state index contributed by atoms with van der Waals surface area (Å²) in [6.45, 7) is 0. The van der Waals surface area contributed by atoms with Crippen molar-refractivity contribution in [1.82, 2.24) is 0 Å². The maximum Gasteiger partial charge on any atom is 1.00 e. The van der Waals surface area contributed by atoms with E-state index in [2.05, 4.69) is 17.9 Å². The van der Waals surface area contributed by atoms with Gasteiger partial charge in [-0.2, -0.15) is 5.92 Å². The Hall–Kier alpha value is -1.48. The van der Waals surface area contributed by atoms with Gasteiger partial charge >= 0.3 is 17.1 Å². The van der Waals surface area contributed by atoms with E-state index in [-0.39, 0.29) is 17.1 Å². The summed E-state index contributed by atoms with van der Waals surface area (Å²) in [7, 11) is 0. The fraction of sp³-hybridized carbons (Fsp3) is 0. The number of rotatable bonds is 0. The molecule has 2 aromatic carbocycles. The molecule has 1 heteroatoms. The van der Waals surface area contributed by atoms with Crippen molar-refractivity contribution in [3.05, 3.63) is 71.8 Å². The van der Waals surface area contributed by atoms with Crippen LogP contribution in [0.4, 0.5) is 0 Å². The van der Waals surface area contributed by atoms with Crippen LogP contribution in [0, 0.1) is 17.9 Å². The Morgan fingerprint density at radius 2 is 1.53 bits per heavy atom. The molecular formula is C14H9Cu. The van der Waals surface area contributed by atoms with Crippen molar-refractivity contribution in [2.75, 3.05) is 0 Å². The van der Waals surface area contributed by atoms with E-state index >= 15 is 0 Å². The zero-order valence-electron chi connectivity index (χ0n) is 8.00. The van der Waals surface area contributed by atoms with Gasteiger partial charge in [-0.1, -0.05) is 18.2 Å². The molecule has 0 bridgehead atoms. The predicted molar refractivity (Wildman–Crippen MR) is 57.7 cm³/mol. The third-order valence-corrected chi connectivity index (χ3v) is 1.82. The Morgan fingerprint density at radius 1 is 0.800 bits per heavy atom. The second-order valence-corrected chi connectivity index (χ2v) is 2.89. The van der Waals surface area contributed by atoms with Crippen molar-refractivity contribution in [3.8, 4) is 11.8 Å². The number of hydrogen-bond acceptors (Lipinski definition) is 0. The molecular weight excluding hydrogens is 232 g/mol. The first-order chi connectivity index (χ1) is 6.95. The molecule has 0 unspecified atom stereocenters. The molecule has 2 aromatic rings. The van der Waals surface area contributed by atoms with Gasteiger partial charge in [0.15, 0.2) is 0 Å². The van der Waals surface area contributed by atoms with Gasteiger partial charge in [-0.3, -0.25) is 0 Å². The summed E-state index contributed by atoms with van der Waals surface area (Å²) in [5, 5.41) is 0. The van der Waals surface area contributed by atoms with E-state index in [4.69, 9.17) is 0 Å². The first-order valence-electron chi connectivity index (χ1n) is 4.49. The van der Waals surface area contributed by atoms with E-state index in [0.29, 0.717) is 0 Å². The standard InChI is InChI=1S/C14H9.Cu/c1-3-7-13(8-4-1)11-12-14-9-5-2-6-10-14;/h1-9H;/q-1;+1. The van der Waals surface area contributed by atoms with E-state index in [1.807, 2.05) is 54.6 Å². The summed E-state index contributed by atoms with van der Waals surface area (Å²) in [6.07, 6.45) is 0. The van der Waals surface area contributed by atoms with E-state index in [0.717, 1.165) is 11.1 Å². The van der Waals surface area contributed by atoms with Gasteiger partial charge < -0.3 is 0 Å². The molecule has 0 saturated carbocycles. The summed E-state index contributed by atoms with van der Waals surface area (Å²) in [5.41, 5.74) is 1.96. The zero-order chi connectivity index (χ0) is 9.64. The molecule has 0 spiro atoms. The van der Waals surface area contributed by atoms with Gasteiger partial charge in [0.05, 0.1) is 0 Å². The van der Waals surface area contributed by atoms with Gasteiger partial charge in [0.2, 0.25) is 0 Å². The van der Waals surface area contributed by atoms with E-state index in [1.54, 1.807) is 0 Å². The molecule has 76 valence electrons. The molecule has 0 fully saturated rings. The molecule has 0 heterocycles.